The molecule has 0 bridgehead atoms. The van der Waals surface area contributed by atoms with Gasteiger partial charge in [-0.2, -0.15) is 0 Å². The molecule has 3 aromatic heterocycles. The van der Waals surface area contributed by atoms with E-state index in [2.05, 4.69) is 48.0 Å². The Morgan fingerprint density at radius 2 is 2.04 bits per heavy atom. The number of furan rings is 1. The third-order valence-corrected chi connectivity index (χ3v) is 5.39. The van der Waals surface area contributed by atoms with Crippen LogP contribution in [-0.4, -0.2) is 17.0 Å². The zero-order valence-electron chi connectivity index (χ0n) is 14.6. The molecule has 0 aliphatic carbocycles. The average molecular weight is 364 g/mol. The highest BCUT2D eigenvalue weighted by Crippen LogP contribution is 2.22. The molecule has 0 radical (unpaired) electrons. The fraction of sp³-hybridized carbons (Fsp3) is 0.190. The molecule has 4 aromatic rings. The summed E-state index contributed by atoms with van der Waals surface area (Å²) in [5, 5.41) is 5.08. The van der Waals surface area contributed by atoms with Crippen molar-refractivity contribution in [2.75, 3.05) is 6.54 Å². The molecule has 0 spiro atoms. The smallest absolute Gasteiger partial charge is 0.268 e. The SMILES string of the molecule is Cc1ccc(Cn2c(C(=O)NCCc3cccs3)cc3occc32)cc1. The molecular weight excluding hydrogens is 344 g/mol. The molecule has 0 unspecified atom stereocenters. The van der Waals surface area contributed by atoms with E-state index in [0.717, 1.165) is 23.1 Å². The third-order valence-electron chi connectivity index (χ3n) is 4.45. The number of nitrogens with one attached hydrogen (secondary N) is 1. The van der Waals surface area contributed by atoms with Crippen LogP contribution < -0.4 is 5.32 Å². The first-order valence-electron chi connectivity index (χ1n) is 8.63. The molecule has 132 valence electrons. The molecule has 4 rings (SSSR count). The number of amides is 1. The van der Waals surface area contributed by atoms with Crippen LogP contribution in [0.4, 0.5) is 0 Å². The lowest BCUT2D eigenvalue weighted by Gasteiger charge is -2.11. The molecule has 0 saturated heterocycles. The summed E-state index contributed by atoms with van der Waals surface area (Å²) < 4.78 is 7.53. The zero-order valence-corrected chi connectivity index (χ0v) is 15.4. The van der Waals surface area contributed by atoms with Gasteiger partial charge in [-0.3, -0.25) is 4.79 Å². The summed E-state index contributed by atoms with van der Waals surface area (Å²) in [6.45, 7) is 3.33. The number of thiophene rings is 1. The van der Waals surface area contributed by atoms with E-state index >= 15 is 0 Å². The molecule has 0 saturated carbocycles. The Morgan fingerprint density at radius 1 is 1.19 bits per heavy atom. The second-order valence-electron chi connectivity index (χ2n) is 6.36. The molecule has 0 atom stereocenters. The van der Waals surface area contributed by atoms with Gasteiger partial charge in [-0.25, -0.2) is 0 Å². The van der Waals surface area contributed by atoms with Gasteiger partial charge in [0.15, 0.2) is 5.58 Å². The number of aryl methyl sites for hydroxylation is 1. The van der Waals surface area contributed by atoms with Crippen LogP contribution in [0.25, 0.3) is 11.1 Å². The minimum atomic E-state index is -0.0694. The van der Waals surface area contributed by atoms with Gasteiger partial charge in [0.25, 0.3) is 5.91 Å². The summed E-state index contributed by atoms with van der Waals surface area (Å²) in [6, 6.07) is 16.2. The van der Waals surface area contributed by atoms with Gasteiger partial charge in [0.2, 0.25) is 0 Å². The predicted molar refractivity (Wildman–Crippen MR) is 105 cm³/mol. The van der Waals surface area contributed by atoms with E-state index in [-0.39, 0.29) is 5.91 Å². The highest BCUT2D eigenvalue weighted by atomic mass is 32.1. The van der Waals surface area contributed by atoms with Crippen molar-refractivity contribution in [3.63, 3.8) is 0 Å². The van der Waals surface area contributed by atoms with E-state index in [1.807, 2.05) is 22.8 Å². The van der Waals surface area contributed by atoms with Crippen molar-refractivity contribution in [1.29, 1.82) is 0 Å². The van der Waals surface area contributed by atoms with E-state index in [1.54, 1.807) is 17.6 Å². The number of hydrogen-bond donors (Lipinski definition) is 1. The first kappa shape index (κ1) is 16.7. The number of carbonyl (C=O) groups is 1. The molecule has 1 aromatic carbocycles. The predicted octanol–water partition coefficient (Wildman–Crippen LogP) is 4.63. The maximum Gasteiger partial charge on any atom is 0.268 e. The fourth-order valence-electron chi connectivity index (χ4n) is 3.06. The van der Waals surface area contributed by atoms with Gasteiger partial charge in [0.05, 0.1) is 11.8 Å². The van der Waals surface area contributed by atoms with Crippen LogP contribution in [0.1, 0.15) is 26.5 Å². The van der Waals surface area contributed by atoms with Crippen molar-refractivity contribution < 1.29 is 9.21 Å². The van der Waals surface area contributed by atoms with Gasteiger partial charge in [0.1, 0.15) is 5.69 Å². The van der Waals surface area contributed by atoms with Crippen molar-refractivity contribution in [3.05, 3.63) is 81.9 Å². The van der Waals surface area contributed by atoms with Crippen molar-refractivity contribution in [1.82, 2.24) is 9.88 Å². The Balaban J connectivity index is 1.54. The topological polar surface area (TPSA) is 47.2 Å². The lowest BCUT2D eigenvalue weighted by Crippen LogP contribution is -2.27. The molecule has 26 heavy (non-hydrogen) atoms. The summed E-state index contributed by atoms with van der Waals surface area (Å²) in [4.78, 5) is 14.0. The number of benzene rings is 1. The summed E-state index contributed by atoms with van der Waals surface area (Å²) in [5.41, 5.74) is 4.68. The fourth-order valence-corrected chi connectivity index (χ4v) is 3.77. The average Bonchev–Trinajstić information content (AvgIpc) is 3.35. The van der Waals surface area contributed by atoms with E-state index in [4.69, 9.17) is 4.42 Å². The monoisotopic (exact) mass is 364 g/mol. The number of nitrogens with zero attached hydrogens (tertiary/aromatic N) is 1. The van der Waals surface area contributed by atoms with Gasteiger partial charge in [-0.05, 0) is 30.4 Å². The molecule has 0 aliphatic rings. The molecule has 5 heteroatoms. The van der Waals surface area contributed by atoms with E-state index in [9.17, 15) is 4.79 Å². The summed E-state index contributed by atoms with van der Waals surface area (Å²) >= 11 is 1.71. The minimum absolute atomic E-state index is 0.0694. The van der Waals surface area contributed by atoms with Crippen LogP contribution >= 0.6 is 11.3 Å². The summed E-state index contributed by atoms with van der Waals surface area (Å²) in [6.07, 6.45) is 2.51. The number of rotatable bonds is 6. The lowest BCUT2D eigenvalue weighted by atomic mass is 10.1. The Labute approximate surface area is 156 Å². The molecule has 4 nitrogen and oxygen atoms in total. The van der Waals surface area contributed by atoms with Crippen LogP contribution in [0, 0.1) is 6.92 Å². The Hall–Kier alpha value is -2.79. The first-order valence-corrected chi connectivity index (χ1v) is 9.51. The van der Waals surface area contributed by atoms with E-state index < -0.39 is 0 Å². The first-order chi connectivity index (χ1) is 12.7. The molecule has 1 N–H and O–H groups in total. The van der Waals surface area contributed by atoms with Crippen LogP contribution in [0.3, 0.4) is 0 Å². The Morgan fingerprint density at radius 3 is 2.81 bits per heavy atom. The van der Waals surface area contributed by atoms with Crippen LogP contribution in [0.15, 0.2) is 64.6 Å². The van der Waals surface area contributed by atoms with E-state index in [0.29, 0.717) is 18.8 Å². The third kappa shape index (κ3) is 3.44. The molecule has 0 aliphatic heterocycles. The Bertz CT molecular complexity index is 1010. The van der Waals surface area contributed by atoms with Gasteiger partial charge in [-0.15, -0.1) is 11.3 Å². The highest BCUT2D eigenvalue weighted by Gasteiger charge is 2.17. The summed E-state index contributed by atoms with van der Waals surface area (Å²) in [7, 11) is 0. The molecule has 3 heterocycles. The Kier molecular flexibility index (Phi) is 4.63. The lowest BCUT2D eigenvalue weighted by molar-refractivity contribution is 0.0945. The normalized spacial score (nSPS) is 11.1. The zero-order chi connectivity index (χ0) is 17.9. The van der Waals surface area contributed by atoms with Gasteiger partial charge < -0.3 is 14.3 Å². The van der Waals surface area contributed by atoms with Crippen LogP contribution in [0.2, 0.25) is 0 Å². The number of aromatic nitrogens is 1. The van der Waals surface area contributed by atoms with Crippen molar-refractivity contribution >= 4 is 28.3 Å². The minimum Gasteiger partial charge on any atom is -0.463 e. The number of fused-ring (bicyclic) bond motifs is 1. The number of carbonyl (C=O) groups excluding carboxylic acids is 1. The van der Waals surface area contributed by atoms with Crippen molar-refractivity contribution in [2.24, 2.45) is 0 Å². The maximum atomic E-state index is 12.7. The van der Waals surface area contributed by atoms with Crippen LogP contribution in [0.5, 0.6) is 0 Å². The second kappa shape index (κ2) is 7.22. The van der Waals surface area contributed by atoms with Gasteiger partial charge in [-0.1, -0.05) is 35.9 Å². The quantitative estimate of drug-likeness (QED) is 0.542. The van der Waals surface area contributed by atoms with Gasteiger partial charge >= 0.3 is 0 Å². The molecular formula is C21H20N2O2S. The number of hydrogen-bond acceptors (Lipinski definition) is 3. The van der Waals surface area contributed by atoms with Crippen molar-refractivity contribution in [2.45, 2.75) is 19.9 Å². The molecule has 0 fully saturated rings. The highest BCUT2D eigenvalue weighted by molar-refractivity contribution is 7.09. The maximum absolute atomic E-state index is 12.7. The second-order valence-corrected chi connectivity index (χ2v) is 7.39. The van der Waals surface area contributed by atoms with Gasteiger partial charge in [0, 0.05) is 30.1 Å². The van der Waals surface area contributed by atoms with Crippen molar-refractivity contribution in [3.8, 4) is 0 Å². The van der Waals surface area contributed by atoms with Crippen LogP contribution in [-0.2, 0) is 13.0 Å². The standard InChI is InChI=1S/C21H20N2O2S/c1-15-4-6-16(7-5-15)14-23-18-9-11-25-20(18)13-19(23)21(24)22-10-8-17-3-2-12-26-17/h2-7,9,11-13H,8,10,14H2,1H3,(H,22,24). The van der Waals surface area contributed by atoms with E-state index in [1.165, 1.54) is 10.4 Å². The molecule has 1 amide bonds. The largest absolute Gasteiger partial charge is 0.463 e. The summed E-state index contributed by atoms with van der Waals surface area (Å²) in [5.74, 6) is -0.0694.